The molecule has 0 aliphatic carbocycles. The van der Waals surface area contributed by atoms with Crippen molar-refractivity contribution in [2.75, 3.05) is 13.1 Å². The van der Waals surface area contributed by atoms with Gasteiger partial charge in [0, 0.05) is 37.7 Å². The number of nitrogens with one attached hydrogen (secondary N) is 1. The van der Waals surface area contributed by atoms with E-state index < -0.39 is 0 Å². The third-order valence-electron chi connectivity index (χ3n) is 3.85. The number of likely N-dealkylation sites (tertiary alicyclic amines) is 1. The lowest BCUT2D eigenvalue weighted by Crippen LogP contribution is -2.46. The van der Waals surface area contributed by atoms with E-state index in [1.54, 1.807) is 0 Å². The molecule has 2 fully saturated rings. The van der Waals surface area contributed by atoms with E-state index in [0.29, 0.717) is 12.8 Å². The van der Waals surface area contributed by atoms with Gasteiger partial charge in [0.25, 0.3) is 0 Å². The molecule has 0 aromatic heterocycles. The summed E-state index contributed by atoms with van der Waals surface area (Å²) in [6, 6.07) is 3.18. The van der Waals surface area contributed by atoms with Crippen LogP contribution in [0.1, 0.15) is 32.1 Å². The number of nitrogens with zero attached hydrogens (tertiary/aromatic N) is 1. The van der Waals surface area contributed by atoms with Crippen molar-refractivity contribution in [3.63, 3.8) is 0 Å². The minimum atomic E-state index is -0.236. The second-order valence-electron chi connectivity index (χ2n) is 5.75. The van der Waals surface area contributed by atoms with Gasteiger partial charge in [0.05, 0.1) is 0 Å². The summed E-state index contributed by atoms with van der Waals surface area (Å²) in [7, 11) is 0. The molecule has 7 nitrogen and oxygen atoms in total. The van der Waals surface area contributed by atoms with E-state index in [1.165, 1.54) is 6.42 Å². The Hall–Kier alpha value is -2.44. The van der Waals surface area contributed by atoms with Crippen molar-refractivity contribution in [2.24, 2.45) is 0 Å². The lowest BCUT2D eigenvalue weighted by Gasteiger charge is -2.28. The number of benzene rings is 1. The van der Waals surface area contributed by atoms with Crippen molar-refractivity contribution < 1.29 is 24.9 Å². The minimum Gasteiger partial charge on any atom is -0.508 e. The Balaban J connectivity index is 0.000000185. The third-order valence-corrected chi connectivity index (χ3v) is 3.85. The number of rotatable bonds is 1. The van der Waals surface area contributed by atoms with Crippen molar-refractivity contribution in [1.29, 1.82) is 0 Å². The summed E-state index contributed by atoms with van der Waals surface area (Å²) in [5.74, 6) is -0.302. The largest absolute Gasteiger partial charge is 0.508 e. The Morgan fingerprint density at radius 2 is 1.52 bits per heavy atom. The molecule has 0 radical (unpaired) electrons. The summed E-state index contributed by atoms with van der Waals surface area (Å²) < 4.78 is 0. The average Bonchev–Trinajstić information content (AvgIpc) is 2.93. The zero-order chi connectivity index (χ0) is 16.8. The second kappa shape index (κ2) is 7.71. The second-order valence-corrected chi connectivity index (χ2v) is 5.75. The van der Waals surface area contributed by atoms with Crippen LogP contribution in [-0.4, -0.2) is 51.2 Å². The Morgan fingerprint density at radius 3 is 1.96 bits per heavy atom. The topological polar surface area (TPSA) is 110 Å². The van der Waals surface area contributed by atoms with Crippen molar-refractivity contribution in [3.8, 4) is 17.2 Å². The summed E-state index contributed by atoms with van der Waals surface area (Å²) in [4.78, 5) is 24.7. The van der Waals surface area contributed by atoms with E-state index in [2.05, 4.69) is 5.32 Å². The van der Waals surface area contributed by atoms with E-state index in [1.807, 2.05) is 4.90 Å². The summed E-state index contributed by atoms with van der Waals surface area (Å²) in [6.07, 6.45) is 4.61. The van der Waals surface area contributed by atoms with Crippen LogP contribution in [0.2, 0.25) is 0 Å². The van der Waals surface area contributed by atoms with Crippen molar-refractivity contribution in [3.05, 3.63) is 18.2 Å². The number of carbonyl (C=O) groups is 2. The van der Waals surface area contributed by atoms with Gasteiger partial charge >= 0.3 is 0 Å². The fourth-order valence-corrected chi connectivity index (χ4v) is 2.71. The van der Waals surface area contributed by atoms with Gasteiger partial charge in [-0.05, 0) is 25.7 Å². The predicted octanol–water partition coefficient (Wildman–Crippen LogP) is 1.08. The quantitative estimate of drug-likeness (QED) is 0.618. The van der Waals surface area contributed by atoms with Crippen molar-refractivity contribution in [2.45, 2.75) is 38.1 Å². The minimum absolute atomic E-state index is 0.0142. The Labute approximate surface area is 134 Å². The molecule has 23 heavy (non-hydrogen) atoms. The number of amides is 2. The predicted molar refractivity (Wildman–Crippen MR) is 83.0 cm³/mol. The van der Waals surface area contributed by atoms with Gasteiger partial charge in [-0.25, -0.2) is 0 Å². The maximum Gasteiger partial charge on any atom is 0.245 e. The highest BCUT2D eigenvalue weighted by Gasteiger charge is 2.30. The maximum atomic E-state index is 11.9. The molecule has 2 aliphatic heterocycles. The molecule has 1 aromatic carbocycles. The van der Waals surface area contributed by atoms with Crippen LogP contribution in [0.5, 0.6) is 17.2 Å². The zero-order valence-electron chi connectivity index (χ0n) is 12.9. The number of hydrogen-bond acceptors (Lipinski definition) is 5. The van der Waals surface area contributed by atoms with E-state index in [9.17, 15) is 9.59 Å². The standard InChI is InChI=1S/C10H16N2O2.C6H6O3/c13-9-5-4-8(11-9)10(14)12-6-2-1-3-7-12;7-4-1-5(8)3-6(9)2-4/h8H,1-7H2,(H,11,13);1-3,7-9H/t8-;/m1./s1. The SMILES string of the molecule is O=C1CC[C@H](C(=O)N2CCCCC2)N1.Oc1cc(O)cc(O)c1. The number of aromatic hydroxyl groups is 3. The molecule has 2 aliphatic rings. The first kappa shape index (κ1) is 16.9. The van der Waals surface area contributed by atoms with Gasteiger partial charge in [0.1, 0.15) is 23.3 Å². The highest BCUT2D eigenvalue weighted by atomic mass is 16.3. The number of phenols is 3. The summed E-state index contributed by atoms with van der Waals surface area (Å²) >= 11 is 0. The van der Waals surface area contributed by atoms with E-state index in [-0.39, 0.29) is 35.1 Å². The molecule has 1 aromatic rings. The van der Waals surface area contributed by atoms with Gasteiger partial charge in [0.2, 0.25) is 11.8 Å². The van der Waals surface area contributed by atoms with Crippen LogP contribution < -0.4 is 5.32 Å². The first-order valence-corrected chi connectivity index (χ1v) is 7.76. The van der Waals surface area contributed by atoms with Gasteiger partial charge in [-0.2, -0.15) is 0 Å². The lowest BCUT2D eigenvalue weighted by molar-refractivity contribution is -0.135. The summed E-state index contributed by atoms with van der Waals surface area (Å²) in [5.41, 5.74) is 0. The van der Waals surface area contributed by atoms with Crippen LogP contribution in [-0.2, 0) is 9.59 Å². The van der Waals surface area contributed by atoms with Crippen LogP contribution in [0.4, 0.5) is 0 Å². The molecule has 0 unspecified atom stereocenters. The lowest BCUT2D eigenvalue weighted by atomic mass is 10.1. The first-order chi connectivity index (χ1) is 11.0. The van der Waals surface area contributed by atoms with E-state index >= 15 is 0 Å². The van der Waals surface area contributed by atoms with Crippen LogP contribution in [0.25, 0.3) is 0 Å². The van der Waals surface area contributed by atoms with E-state index in [0.717, 1.165) is 44.1 Å². The fourth-order valence-electron chi connectivity index (χ4n) is 2.71. The maximum absolute atomic E-state index is 11.9. The van der Waals surface area contributed by atoms with Gasteiger partial charge in [-0.3, -0.25) is 9.59 Å². The molecule has 0 spiro atoms. The molecular formula is C16H22N2O5. The highest BCUT2D eigenvalue weighted by molar-refractivity contribution is 5.90. The zero-order valence-corrected chi connectivity index (χ0v) is 12.9. The van der Waals surface area contributed by atoms with Gasteiger partial charge in [-0.1, -0.05) is 0 Å². The molecule has 7 heteroatoms. The first-order valence-electron chi connectivity index (χ1n) is 7.76. The Morgan fingerprint density at radius 1 is 1.00 bits per heavy atom. The molecule has 0 saturated carbocycles. The smallest absolute Gasteiger partial charge is 0.245 e. The number of carbonyl (C=O) groups excluding carboxylic acids is 2. The molecule has 2 saturated heterocycles. The molecule has 4 N–H and O–H groups in total. The normalized spacial score (nSPS) is 20.4. The molecule has 1 atom stereocenters. The van der Waals surface area contributed by atoms with Crippen LogP contribution >= 0.6 is 0 Å². The summed E-state index contributed by atoms with van der Waals surface area (Å²) in [5, 5.41) is 28.7. The van der Waals surface area contributed by atoms with Crippen LogP contribution in [0, 0.1) is 0 Å². The Kier molecular flexibility index (Phi) is 5.67. The Bertz CT molecular complexity index is 519. The summed E-state index contributed by atoms with van der Waals surface area (Å²) in [6.45, 7) is 1.73. The monoisotopic (exact) mass is 322 g/mol. The fraction of sp³-hybridized carbons (Fsp3) is 0.500. The van der Waals surface area contributed by atoms with Gasteiger partial charge < -0.3 is 25.5 Å². The van der Waals surface area contributed by atoms with Gasteiger partial charge in [-0.15, -0.1) is 0 Å². The third kappa shape index (κ3) is 5.05. The number of piperidine rings is 1. The van der Waals surface area contributed by atoms with Crippen LogP contribution in [0.3, 0.4) is 0 Å². The molecule has 0 bridgehead atoms. The number of hydrogen-bond donors (Lipinski definition) is 4. The van der Waals surface area contributed by atoms with Gasteiger partial charge in [0.15, 0.2) is 0 Å². The molecule has 2 amide bonds. The molecular weight excluding hydrogens is 300 g/mol. The molecule has 2 heterocycles. The van der Waals surface area contributed by atoms with Crippen molar-refractivity contribution >= 4 is 11.8 Å². The molecule has 126 valence electrons. The number of phenolic OH excluding ortho intramolecular Hbond substituents is 3. The molecule has 3 rings (SSSR count). The van der Waals surface area contributed by atoms with E-state index in [4.69, 9.17) is 15.3 Å². The average molecular weight is 322 g/mol. The highest BCUT2D eigenvalue weighted by Crippen LogP contribution is 2.23. The van der Waals surface area contributed by atoms with Crippen LogP contribution in [0.15, 0.2) is 18.2 Å². The van der Waals surface area contributed by atoms with Crippen molar-refractivity contribution in [1.82, 2.24) is 10.2 Å².